The van der Waals surface area contributed by atoms with Crippen LogP contribution >= 0.6 is 0 Å². The number of amides is 1. The van der Waals surface area contributed by atoms with Crippen molar-refractivity contribution in [2.24, 2.45) is 0 Å². The van der Waals surface area contributed by atoms with Crippen LogP contribution in [-0.4, -0.2) is 43.2 Å². The lowest BCUT2D eigenvalue weighted by Gasteiger charge is -2.31. The van der Waals surface area contributed by atoms with E-state index < -0.39 is 29.0 Å². The number of nitrogens with one attached hydrogen (secondary N) is 1. The lowest BCUT2D eigenvalue weighted by atomic mass is 9.87. The highest BCUT2D eigenvalue weighted by molar-refractivity contribution is 5.98. The van der Waals surface area contributed by atoms with E-state index in [0.29, 0.717) is 17.7 Å². The average Bonchev–Trinajstić information content (AvgIpc) is 2.74. The molecule has 0 aliphatic heterocycles. The quantitative estimate of drug-likeness (QED) is 0.286. The number of benzene rings is 1. The molecule has 0 aromatic heterocycles. The van der Waals surface area contributed by atoms with Gasteiger partial charge in [0.05, 0.1) is 14.2 Å². The Balaban J connectivity index is 3.12. The van der Waals surface area contributed by atoms with Gasteiger partial charge in [-0.05, 0) is 57.9 Å². The van der Waals surface area contributed by atoms with Gasteiger partial charge in [-0.2, -0.15) is 0 Å². The number of carbonyl (C=O) groups excluding carboxylic acids is 3. The first kappa shape index (κ1) is 27.2. The summed E-state index contributed by atoms with van der Waals surface area (Å²) in [5.74, 6) is -0.840. The summed E-state index contributed by atoms with van der Waals surface area (Å²) in [6, 6.07) is 6.62. The lowest BCUT2D eigenvalue weighted by molar-refractivity contribution is -0.150. The molecule has 1 aromatic rings. The molecule has 32 heavy (non-hydrogen) atoms. The largest absolute Gasteiger partial charge is 0.497 e. The first-order valence-corrected chi connectivity index (χ1v) is 11.0. The van der Waals surface area contributed by atoms with E-state index in [-0.39, 0.29) is 6.42 Å². The van der Waals surface area contributed by atoms with Crippen LogP contribution in [0.15, 0.2) is 36.4 Å². The van der Waals surface area contributed by atoms with Gasteiger partial charge >= 0.3 is 11.9 Å². The van der Waals surface area contributed by atoms with E-state index in [0.717, 1.165) is 25.7 Å². The maximum Gasteiger partial charge on any atom is 0.331 e. The second-order valence-electron chi connectivity index (χ2n) is 8.71. The number of methoxy groups -OCH3 is 2. The SMILES string of the molecule is CCCCCC[C@](C/C=C/C(=O)OC(C)(C)C)(NC(=O)c1ccc(OC)cc1)C(=O)OC. The summed E-state index contributed by atoms with van der Waals surface area (Å²) in [5.41, 5.74) is -1.52. The number of hydrogen-bond acceptors (Lipinski definition) is 6. The molecule has 0 saturated heterocycles. The third-order valence-corrected chi connectivity index (χ3v) is 4.87. The monoisotopic (exact) mass is 447 g/mol. The maximum atomic E-state index is 13.0. The third kappa shape index (κ3) is 9.12. The van der Waals surface area contributed by atoms with Gasteiger partial charge in [0.15, 0.2) is 0 Å². The fraction of sp³-hybridized carbons (Fsp3) is 0.560. The number of rotatable bonds is 12. The molecule has 178 valence electrons. The zero-order valence-electron chi connectivity index (χ0n) is 20.2. The minimum absolute atomic E-state index is 0.104. The first-order valence-electron chi connectivity index (χ1n) is 11.0. The van der Waals surface area contributed by atoms with Crippen molar-refractivity contribution in [1.29, 1.82) is 0 Å². The van der Waals surface area contributed by atoms with Crippen LogP contribution < -0.4 is 10.1 Å². The number of unbranched alkanes of at least 4 members (excludes halogenated alkanes) is 3. The molecule has 1 N–H and O–H groups in total. The summed E-state index contributed by atoms with van der Waals surface area (Å²) >= 11 is 0. The summed E-state index contributed by atoms with van der Waals surface area (Å²) in [6.07, 6.45) is 7.05. The third-order valence-electron chi connectivity index (χ3n) is 4.87. The van der Waals surface area contributed by atoms with Crippen LogP contribution in [0.5, 0.6) is 5.75 Å². The molecule has 0 unspecified atom stereocenters. The van der Waals surface area contributed by atoms with E-state index in [1.165, 1.54) is 13.2 Å². The fourth-order valence-corrected chi connectivity index (χ4v) is 3.22. The Labute approximate surface area is 191 Å². The van der Waals surface area contributed by atoms with Gasteiger partial charge in [0.25, 0.3) is 5.91 Å². The second kappa shape index (κ2) is 12.9. The number of carbonyl (C=O) groups is 3. The summed E-state index contributed by atoms with van der Waals surface area (Å²) in [5, 5.41) is 2.88. The van der Waals surface area contributed by atoms with Crippen LogP contribution in [0.3, 0.4) is 0 Å². The van der Waals surface area contributed by atoms with Crippen LogP contribution in [0.1, 0.15) is 76.6 Å². The molecule has 1 atom stereocenters. The molecule has 0 fully saturated rings. The van der Waals surface area contributed by atoms with Gasteiger partial charge in [0.1, 0.15) is 16.9 Å². The van der Waals surface area contributed by atoms with Gasteiger partial charge in [0, 0.05) is 11.6 Å². The highest BCUT2D eigenvalue weighted by atomic mass is 16.6. The molecule has 1 rings (SSSR count). The molecule has 0 radical (unpaired) electrons. The van der Waals surface area contributed by atoms with Gasteiger partial charge in [-0.3, -0.25) is 4.79 Å². The molecule has 0 spiro atoms. The normalized spacial score (nSPS) is 13.3. The molecule has 7 nitrogen and oxygen atoms in total. The first-order chi connectivity index (χ1) is 15.1. The number of ether oxygens (including phenoxy) is 3. The van der Waals surface area contributed by atoms with Crippen molar-refractivity contribution >= 4 is 17.8 Å². The van der Waals surface area contributed by atoms with Crippen LogP contribution in [0.25, 0.3) is 0 Å². The van der Waals surface area contributed by atoms with Crippen molar-refractivity contribution in [2.45, 2.75) is 77.4 Å². The van der Waals surface area contributed by atoms with E-state index in [2.05, 4.69) is 12.2 Å². The average molecular weight is 448 g/mol. The molecule has 0 saturated carbocycles. The fourth-order valence-electron chi connectivity index (χ4n) is 3.22. The van der Waals surface area contributed by atoms with E-state index >= 15 is 0 Å². The van der Waals surface area contributed by atoms with Crippen molar-refractivity contribution in [3.8, 4) is 5.75 Å². The molecule has 0 heterocycles. The maximum absolute atomic E-state index is 13.0. The van der Waals surface area contributed by atoms with Crippen molar-refractivity contribution in [2.75, 3.05) is 14.2 Å². The molecule has 0 aliphatic carbocycles. The topological polar surface area (TPSA) is 90.9 Å². The Morgan fingerprint density at radius 1 is 1.00 bits per heavy atom. The van der Waals surface area contributed by atoms with Crippen LogP contribution in [0.4, 0.5) is 0 Å². The van der Waals surface area contributed by atoms with E-state index in [9.17, 15) is 14.4 Å². The zero-order valence-corrected chi connectivity index (χ0v) is 20.2. The van der Waals surface area contributed by atoms with E-state index in [4.69, 9.17) is 14.2 Å². The summed E-state index contributed by atoms with van der Waals surface area (Å²) < 4.78 is 15.5. The van der Waals surface area contributed by atoms with Gasteiger partial charge < -0.3 is 19.5 Å². The lowest BCUT2D eigenvalue weighted by Crippen LogP contribution is -2.55. The van der Waals surface area contributed by atoms with E-state index in [1.54, 1.807) is 58.2 Å². The van der Waals surface area contributed by atoms with E-state index in [1.807, 2.05) is 0 Å². The highest BCUT2D eigenvalue weighted by Crippen LogP contribution is 2.24. The van der Waals surface area contributed by atoms with Crippen molar-refractivity contribution < 1.29 is 28.6 Å². The number of hydrogen-bond donors (Lipinski definition) is 1. The zero-order chi connectivity index (χ0) is 24.2. The molecule has 1 amide bonds. The van der Waals surface area contributed by atoms with Crippen molar-refractivity contribution in [3.63, 3.8) is 0 Å². The Hall–Kier alpha value is -2.83. The van der Waals surface area contributed by atoms with Gasteiger partial charge in [-0.1, -0.05) is 38.7 Å². The van der Waals surface area contributed by atoms with Gasteiger partial charge in [-0.15, -0.1) is 0 Å². The summed E-state index contributed by atoms with van der Waals surface area (Å²) in [6.45, 7) is 7.43. The Morgan fingerprint density at radius 2 is 1.66 bits per heavy atom. The molecular weight excluding hydrogens is 410 g/mol. The second-order valence-corrected chi connectivity index (χ2v) is 8.71. The predicted octanol–water partition coefficient (Wildman–Crippen LogP) is 4.60. The van der Waals surface area contributed by atoms with Crippen molar-refractivity contribution in [1.82, 2.24) is 5.32 Å². The number of esters is 2. The summed E-state index contributed by atoms with van der Waals surface area (Å²) in [4.78, 5) is 37.9. The molecule has 0 aliphatic rings. The van der Waals surface area contributed by atoms with Gasteiger partial charge in [0.2, 0.25) is 0 Å². The Kier molecular flexibility index (Phi) is 11.0. The van der Waals surface area contributed by atoms with Crippen molar-refractivity contribution in [3.05, 3.63) is 42.0 Å². The Bertz CT molecular complexity index is 779. The smallest absolute Gasteiger partial charge is 0.331 e. The molecule has 7 heteroatoms. The van der Waals surface area contributed by atoms with Gasteiger partial charge in [-0.25, -0.2) is 9.59 Å². The minimum Gasteiger partial charge on any atom is -0.497 e. The van der Waals surface area contributed by atoms with Crippen LogP contribution in [0.2, 0.25) is 0 Å². The highest BCUT2D eigenvalue weighted by Gasteiger charge is 2.40. The van der Waals surface area contributed by atoms with Crippen LogP contribution in [-0.2, 0) is 19.1 Å². The standard InChI is InChI=1S/C25H37NO6/c1-7-8-9-10-17-25(23(29)31-6,18-11-12-21(27)32-24(2,3)4)26-22(28)19-13-15-20(30-5)16-14-19/h11-16H,7-10,17-18H2,1-6H3,(H,26,28)/b12-11+/t25-/m1/s1. The molecule has 0 bridgehead atoms. The van der Waals surface area contributed by atoms with Crippen LogP contribution in [0, 0.1) is 0 Å². The Morgan fingerprint density at radius 3 is 2.19 bits per heavy atom. The molecule has 1 aromatic carbocycles. The predicted molar refractivity (Wildman–Crippen MR) is 124 cm³/mol. The molecular formula is C25H37NO6. The summed E-state index contributed by atoms with van der Waals surface area (Å²) in [7, 11) is 2.84. The minimum atomic E-state index is -1.29.